The molecule has 1 aromatic rings. The second-order valence-corrected chi connectivity index (χ2v) is 5.27. The highest BCUT2D eigenvalue weighted by Crippen LogP contribution is 2.30. The number of aryl methyl sites for hydroxylation is 1. The van der Waals surface area contributed by atoms with Gasteiger partial charge in [0, 0.05) is 30.9 Å². The van der Waals surface area contributed by atoms with Gasteiger partial charge in [-0.25, -0.2) is 0 Å². The lowest BCUT2D eigenvalue weighted by atomic mass is 10.1. The van der Waals surface area contributed by atoms with Crippen molar-refractivity contribution in [2.24, 2.45) is 0 Å². The molecular formula is C15H22N2. The summed E-state index contributed by atoms with van der Waals surface area (Å²) >= 11 is 0. The van der Waals surface area contributed by atoms with E-state index < -0.39 is 0 Å². The van der Waals surface area contributed by atoms with E-state index in [1.54, 1.807) is 0 Å². The smallest absolute Gasteiger partial charge is 0.0443 e. The van der Waals surface area contributed by atoms with Crippen molar-refractivity contribution in [2.75, 3.05) is 18.0 Å². The number of rotatable bonds is 2. The average molecular weight is 230 g/mol. The summed E-state index contributed by atoms with van der Waals surface area (Å²) in [6, 6.07) is 10.6. The molecule has 0 aromatic heterocycles. The second kappa shape index (κ2) is 4.69. The van der Waals surface area contributed by atoms with Crippen LogP contribution in [0.3, 0.4) is 0 Å². The first kappa shape index (κ1) is 11.1. The third-order valence-corrected chi connectivity index (χ3v) is 4.32. The molecule has 1 saturated carbocycles. The summed E-state index contributed by atoms with van der Waals surface area (Å²) in [5, 5.41) is 3.66. The van der Waals surface area contributed by atoms with Gasteiger partial charge in [0.15, 0.2) is 0 Å². The van der Waals surface area contributed by atoms with Crippen molar-refractivity contribution < 1.29 is 0 Å². The lowest BCUT2D eigenvalue weighted by molar-refractivity contribution is 0.404. The summed E-state index contributed by atoms with van der Waals surface area (Å²) in [7, 11) is 0. The third kappa shape index (κ3) is 2.06. The Bertz CT molecular complexity index is 371. The van der Waals surface area contributed by atoms with Crippen molar-refractivity contribution in [1.29, 1.82) is 0 Å². The Hall–Kier alpha value is -1.02. The van der Waals surface area contributed by atoms with Crippen LogP contribution in [0.1, 0.15) is 31.7 Å². The number of anilines is 1. The predicted molar refractivity (Wildman–Crippen MR) is 72.6 cm³/mol. The van der Waals surface area contributed by atoms with Crippen LogP contribution in [-0.2, 0) is 6.42 Å². The van der Waals surface area contributed by atoms with E-state index in [-0.39, 0.29) is 0 Å². The lowest BCUT2D eigenvalue weighted by Gasteiger charge is -2.40. The van der Waals surface area contributed by atoms with Crippen LogP contribution in [0.5, 0.6) is 0 Å². The van der Waals surface area contributed by atoms with E-state index in [0.29, 0.717) is 0 Å². The van der Waals surface area contributed by atoms with Crippen molar-refractivity contribution in [3.05, 3.63) is 29.8 Å². The molecule has 0 amide bonds. The zero-order valence-corrected chi connectivity index (χ0v) is 10.7. The van der Waals surface area contributed by atoms with E-state index in [9.17, 15) is 0 Å². The quantitative estimate of drug-likeness (QED) is 0.840. The van der Waals surface area contributed by atoms with E-state index in [0.717, 1.165) is 31.6 Å². The molecule has 1 aliphatic heterocycles. The summed E-state index contributed by atoms with van der Waals surface area (Å²) in [5.41, 5.74) is 2.85. The van der Waals surface area contributed by atoms with E-state index in [1.165, 1.54) is 30.5 Å². The molecule has 2 heteroatoms. The molecule has 0 spiro atoms. The Labute approximate surface area is 104 Å². The van der Waals surface area contributed by atoms with Crippen molar-refractivity contribution >= 4 is 5.69 Å². The maximum Gasteiger partial charge on any atom is 0.0443 e. The summed E-state index contributed by atoms with van der Waals surface area (Å²) in [4.78, 5) is 2.62. The molecule has 2 fully saturated rings. The van der Waals surface area contributed by atoms with Gasteiger partial charge in [0.2, 0.25) is 0 Å². The fourth-order valence-corrected chi connectivity index (χ4v) is 3.33. The zero-order valence-electron chi connectivity index (χ0n) is 10.7. The van der Waals surface area contributed by atoms with Crippen LogP contribution < -0.4 is 10.2 Å². The highest BCUT2D eigenvalue weighted by molar-refractivity contribution is 5.50. The van der Waals surface area contributed by atoms with Gasteiger partial charge in [-0.15, -0.1) is 0 Å². The van der Waals surface area contributed by atoms with Crippen LogP contribution in [0.25, 0.3) is 0 Å². The second-order valence-electron chi connectivity index (χ2n) is 5.27. The standard InChI is InChI=1S/C15H22N2/c1-2-12-6-8-13(9-7-12)17-11-10-16-14-4-3-5-15(14)17/h6-9,14-16H,2-5,10-11H2,1H3/t14-,15+/m1/s1. The van der Waals surface area contributed by atoms with Gasteiger partial charge in [-0.1, -0.05) is 19.1 Å². The Balaban J connectivity index is 1.81. The molecule has 2 nitrogen and oxygen atoms in total. The fourth-order valence-electron chi connectivity index (χ4n) is 3.33. The first-order valence-electron chi connectivity index (χ1n) is 6.97. The predicted octanol–water partition coefficient (Wildman–Crippen LogP) is 2.58. The fraction of sp³-hybridized carbons (Fsp3) is 0.600. The van der Waals surface area contributed by atoms with E-state index in [1.807, 2.05) is 0 Å². The Morgan fingerprint density at radius 3 is 2.82 bits per heavy atom. The number of nitrogens with zero attached hydrogens (tertiary/aromatic N) is 1. The zero-order chi connectivity index (χ0) is 11.7. The van der Waals surface area contributed by atoms with Gasteiger partial charge >= 0.3 is 0 Å². The first-order chi connectivity index (χ1) is 8.38. The monoisotopic (exact) mass is 230 g/mol. The number of piperazine rings is 1. The minimum absolute atomic E-state index is 0.731. The minimum atomic E-state index is 0.731. The van der Waals surface area contributed by atoms with Gasteiger partial charge in [-0.3, -0.25) is 0 Å². The van der Waals surface area contributed by atoms with Crippen LogP contribution in [0.15, 0.2) is 24.3 Å². The average Bonchev–Trinajstić information content (AvgIpc) is 2.87. The van der Waals surface area contributed by atoms with Gasteiger partial charge < -0.3 is 10.2 Å². The summed E-state index contributed by atoms with van der Waals surface area (Å²) in [5.74, 6) is 0. The Morgan fingerprint density at radius 2 is 2.06 bits per heavy atom. The lowest BCUT2D eigenvalue weighted by Crippen LogP contribution is -2.55. The minimum Gasteiger partial charge on any atom is -0.366 e. The molecule has 0 unspecified atom stereocenters. The molecule has 0 radical (unpaired) electrons. The van der Waals surface area contributed by atoms with Gasteiger partial charge in [0.1, 0.15) is 0 Å². The van der Waals surface area contributed by atoms with E-state index in [2.05, 4.69) is 41.4 Å². The molecule has 1 aromatic carbocycles. The topological polar surface area (TPSA) is 15.3 Å². The van der Waals surface area contributed by atoms with Crippen LogP contribution in [0.4, 0.5) is 5.69 Å². The molecule has 2 aliphatic rings. The SMILES string of the molecule is CCc1ccc(N2CCN[C@@H]3CCC[C@@H]32)cc1. The highest BCUT2D eigenvalue weighted by atomic mass is 15.2. The molecule has 2 atom stereocenters. The van der Waals surface area contributed by atoms with E-state index in [4.69, 9.17) is 0 Å². The number of hydrogen-bond acceptors (Lipinski definition) is 2. The molecule has 17 heavy (non-hydrogen) atoms. The summed E-state index contributed by atoms with van der Waals surface area (Å²) < 4.78 is 0. The maximum absolute atomic E-state index is 3.66. The number of nitrogens with one attached hydrogen (secondary N) is 1. The Kier molecular flexibility index (Phi) is 3.06. The van der Waals surface area contributed by atoms with Gasteiger partial charge in [-0.2, -0.15) is 0 Å². The molecule has 3 rings (SSSR count). The molecule has 0 bridgehead atoms. The molecular weight excluding hydrogens is 208 g/mol. The van der Waals surface area contributed by atoms with E-state index >= 15 is 0 Å². The number of hydrogen-bond donors (Lipinski definition) is 1. The van der Waals surface area contributed by atoms with Crippen molar-refractivity contribution in [3.63, 3.8) is 0 Å². The number of benzene rings is 1. The van der Waals surface area contributed by atoms with Crippen LogP contribution in [0, 0.1) is 0 Å². The van der Waals surface area contributed by atoms with Crippen LogP contribution in [-0.4, -0.2) is 25.2 Å². The summed E-state index contributed by atoms with van der Waals surface area (Å²) in [6.45, 7) is 4.51. The van der Waals surface area contributed by atoms with Gasteiger partial charge in [0.25, 0.3) is 0 Å². The molecule has 1 heterocycles. The van der Waals surface area contributed by atoms with Crippen molar-refractivity contribution in [3.8, 4) is 0 Å². The van der Waals surface area contributed by atoms with Crippen molar-refractivity contribution in [1.82, 2.24) is 5.32 Å². The molecule has 1 N–H and O–H groups in total. The van der Waals surface area contributed by atoms with Gasteiger partial charge in [-0.05, 0) is 43.4 Å². The number of fused-ring (bicyclic) bond motifs is 1. The van der Waals surface area contributed by atoms with Crippen LogP contribution >= 0.6 is 0 Å². The Morgan fingerprint density at radius 1 is 1.24 bits per heavy atom. The summed E-state index contributed by atoms with van der Waals surface area (Å²) in [6.07, 6.45) is 5.22. The normalized spacial score (nSPS) is 28.2. The van der Waals surface area contributed by atoms with Crippen molar-refractivity contribution in [2.45, 2.75) is 44.7 Å². The molecule has 1 saturated heterocycles. The van der Waals surface area contributed by atoms with Crippen LogP contribution in [0.2, 0.25) is 0 Å². The van der Waals surface area contributed by atoms with Gasteiger partial charge in [0.05, 0.1) is 0 Å². The third-order valence-electron chi connectivity index (χ3n) is 4.32. The molecule has 1 aliphatic carbocycles. The highest BCUT2D eigenvalue weighted by Gasteiger charge is 2.34. The molecule has 92 valence electrons. The largest absolute Gasteiger partial charge is 0.366 e. The first-order valence-corrected chi connectivity index (χ1v) is 6.97. The maximum atomic E-state index is 3.66.